The van der Waals surface area contributed by atoms with E-state index in [0.717, 1.165) is 27.8 Å². The Bertz CT molecular complexity index is 850. The number of esters is 1. The standard InChI is InChI=1S/C22H18O2/c1-24-22(23)15-14-19-12-13-20(17-8-4-2-5-9-17)16-21(19)18-10-6-3-7-11-18/h2-16H,1H3/b15-14+. The Morgan fingerprint density at radius 2 is 1.42 bits per heavy atom. The van der Waals surface area contributed by atoms with Gasteiger partial charge in [0, 0.05) is 6.08 Å². The summed E-state index contributed by atoms with van der Waals surface area (Å²) in [5.74, 6) is -0.360. The van der Waals surface area contributed by atoms with E-state index in [1.807, 2.05) is 42.5 Å². The SMILES string of the molecule is COC(=O)/C=C/c1ccc(-c2ccccc2)cc1-c1ccccc1. The second kappa shape index (κ2) is 7.42. The molecule has 0 heterocycles. The number of carbonyl (C=O) groups is 1. The minimum atomic E-state index is -0.360. The van der Waals surface area contributed by atoms with Gasteiger partial charge in [-0.25, -0.2) is 4.79 Å². The zero-order valence-corrected chi connectivity index (χ0v) is 13.5. The van der Waals surface area contributed by atoms with E-state index in [1.165, 1.54) is 13.2 Å². The maximum atomic E-state index is 11.4. The van der Waals surface area contributed by atoms with Crippen LogP contribution in [0.5, 0.6) is 0 Å². The van der Waals surface area contributed by atoms with Crippen LogP contribution in [0.2, 0.25) is 0 Å². The molecule has 0 unspecified atom stereocenters. The van der Waals surface area contributed by atoms with Crippen LogP contribution in [0.3, 0.4) is 0 Å². The van der Waals surface area contributed by atoms with Gasteiger partial charge in [-0.2, -0.15) is 0 Å². The van der Waals surface area contributed by atoms with Crippen LogP contribution < -0.4 is 0 Å². The Morgan fingerprint density at radius 3 is 2.04 bits per heavy atom. The molecule has 24 heavy (non-hydrogen) atoms. The third-order valence-corrected chi connectivity index (χ3v) is 3.85. The number of carbonyl (C=O) groups excluding carboxylic acids is 1. The average molecular weight is 314 g/mol. The van der Waals surface area contributed by atoms with Crippen LogP contribution in [-0.4, -0.2) is 13.1 Å². The molecule has 0 amide bonds. The first-order valence-corrected chi connectivity index (χ1v) is 7.79. The monoisotopic (exact) mass is 314 g/mol. The van der Waals surface area contributed by atoms with E-state index in [1.54, 1.807) is 6.08 Å². The lowest BCUT2D eigenvalue weighted by Gasteiger charge is -2.10. The highest BCUT2D eigenvalue weighted by Crippen LogP contribution is 2.30. The van der Waals surface area contributed by atoms with Gasteiger partial charge in [-0.05, 0) is 40.0 Å². The fourth-order valence-electron chi connectivity index (χ4n) is 2.61. The minimum absolute atomic E-state index is 0.360. The number of benzene rings is 3. The van der Waals surface area contributed by atoms with Crippen LogP contribution in [0.1, 0.15) is 5.56 Å². The van der Waals surface area contributed by atoms with Crippen molar-refractivity contribution in [2.24, 2.45) is 0 Å². The molecular formula is C22H18O2. The third-order valence-electron chi connectivity index (χ3n) is 3.85. The highest BCUT2D eigenvalue weighted by molar-refractivity contribution is 5.90. The normalized spacial score (nSPS) is 10.7. The molecule has 2 nitrogen and oxygen atoms in total. The van der Waals surface area contributed by atoms with Crippen LogP contribution in [0.4, 0.5) is 0 Å². The maximum absolute atomic E-state index is 11.4. The first kappa shape index (κ1) is 15.8. The Balaban J connectivity index is 2.09. The molecule has 3 aromatic rings. The first-order valence-electron chi connectivity index (χ1n) is 7.79. The lowest BCUT2D eigenvalue weighted by Crippen LogP contribution is -1.94. The van der Waals surface area contributed by atoms with Crippen LogP contribution >= 0.6 is 0 Å². The van der Waals surface area contributed by atoms with Crippen LogP contribution in [0, 0.1) is 0 Å². The molecule has 3 aromatic carbocycles. The molecule has 0 spiro atoms. The summed E-state index contributed by atoms with van der Waals surface area (Å²) < 4.78 is 4.68. The summed E-state index contributed by atoms with van der Waals surface area (Å²) >= 11 is 0. The zero-order chi connectivity index (χ0) is 16.8. The van der Waals surface area contributed by atoms with Gasteiger partial charge in [0.05, 0.1) is 7.11 Å². The third kappa shape index (κ3) is 3.61. The Hall–Kier alpha value is -3.13. The van der Waals surface area contributed by atoms with Crippen LogP contribution in [-0.2, 0) is 9.53 Å². The molecule has 0 saturated heterocycles. The number of rotatable bonds is 4. The van der Waals surface area contributed by atoms with Crippen molar-refractivity contribution < 1.29 is 9.53 Å². The predicted octanol–water partition coefficient (Wildman–Crippen LogP) is 5.21. The smallest absolute Gasteiger partial charge is 0.330 e. The quantitative estimate of drug-likeness (QED) is 0.488. The summed E-state index contributed by atoms with van der Waals surface area (Å²) in [5.41, 5.74) is 5.48. The molecule has 0 aliphatic heterocycles. The summed E-state index contributed by atoms with van der Waals surface area (Å²) in [6.07, 6.45) is 3.24. The molecule has 118 valence electrons. The largest absolute Gasteiger partial charge is 0.466 e. The van der Waals surface area contributed by atoms with Gasteiger partial charge in [0.15, 0.2) is 0 Å². The topological polar surface area (TPSA) is 26.3 Å². The first-order chi connectivity index (χ1) is 11.8. The summed E-state index contributed by atoms with van der Waals surface area (Å²) in [7, 11) is 1.38. The fourth-order valence-corrected chi connectivity index (χ4v) is 2.61. The fraction of sp³-hybridized carbons (Fsp3) is 0.0455. The predicted molar refractivity (Wildman–Crippen MR) is 98.4 cm³/mol. The van der Waals surface area contributed by atoms with E-state index < -0.39 is 0 Å². The van der Waals surface area contributed by atoms with Gasteiger partial charge < -0.3 is 4.74 Å². The lowest BCUT2D eigenvalue weighted by atomic mass is 9.94. The van der Waals surface area contributed by atoms with Crippen molar-refractivity contribution in [2.75, 3.05) is 7.11 Å². The molecular weight excluding hydrogens is 296 g/mol. The van der Waals surface area contributed by atoms with E-state index in [9.17, 15) is 4.79 Å². The number of hydrogen-bond acceptors (Lipinski definition) is 2. The van der Waals surface area contributed by atoms with E-state index >= 15 is 0 Å². The number of hydrogen-bond donors (Lipinski definition) is 0. The van der Waals surface area contributed by atoms with Gasteiger partial charge >= 0.3 is 5.97 Å². The molecule has 0 atom stereocenters. The van der Waals surface area contributed by atoms with Gasteiger partial charge in [-0.15, -0.1) is 0 Å². The second-order valence-corrected chi connectivity index (χ2v) is 5.39. The molecule has 0 bridgehead atoms. The van der Waals surface area contributed by atoms with Gasteiger partial charge in [0.25, 0.3) is 0 Å². The van der Waals surface area contributed by atoms with Crippen molar-refractivity contribution in [3.05, 3.63) is 90.5 Å². The van der Waals surface area contributed by atoms with Crippen molar-refractivity contribution >= 4 is 12.0 Å². The Kier molecular flexibility index (Phi) is 4.87. The maximum Gasteiger partial charge on any atom is 0.330 e. The van der Waals surface area contributed by atoms with Gasteiger partial charge in [-0.1, -0.05) is 72.8 Å². The van der Waals surface area contributed by atoms with Gasteiger partial charge in [0.1, 0.15) is 0 Å². The number of ether oxygens (including phenoxy) is 1. The highest BCUT2D eigenvalue weighted by atomic mass is 16.5. The average Bonchev–Trinajstić information content (AvgIpc) is 2.67. The Labute approximate surface area is 142 Å². The summed E-state index contributed by atoms with van der Waals surface area (Å²) in [4.78, 5) is 11.4. The van der Waals surface area contributed by atoms with Crippen molar-refractivity contribution in [3.8, 4) is 22.3 Å². The molecule has 3 rings (SSSR count). The molecule has 0 radical (unpaired) electrons. The lowest BCUT2D eigenvalue weighted by molar-refractivity contribution is -0.134. The zero-order valence-electron chi connectivity index (χ0n) is 13.5. The minimum Gasteiger partial charge on any atom is -0.466 e. The van der Waals surface area contributed by atoms with E-state index in [4.69, 9.17) is 0 Å². The van der Waals surface area contributed by atoms with E-state index in [-0.39, 0.29) is 5.97 Å². The van der Waals surface area contributed by atoms with Gasteiger partial charge in [0.2, 0.25) is 0 Å². The number of methoxy groups -OCH3 is 1. The molecule has 0 saturated carbocycles. The van der Waals surface area contributed by atoms with Crippen molar-refractivity contribution in [2.45, 2.75) is 0 Å². The van der Waals surface area contributed by atoms with Crippen LogP contribution in [0.25, 0.3) is 28.3 Å². The Morgan fingerprint density at radius 1 is 0.792 bits per heavy atom. The molecule has 0 aliphatic carbocycles. The van der Waals surface area contributed by atoms with E-state index in [2.05, 4.69) is 41.1 Å². The van der Waals surface area contributed by atoms with Crippen LogP contribution in [0.15, 0.2) is 84.9 Å². The molecule has 0 fully saturated rings. The molecule has 0 aromatic heterocycles. The van der Waals surface area contributed by atoms with Crippen molar-refractivity contribution in [3.63, 3.8) is 0 Å². The van der Waals surface area contributed by atoms with Crippen molar-refractivity contribution in [1.82, 2.24) is 0 Å². The van der Waals surface area contributed by atoms with Gasteiger partial charge in [-0.3, -0.25) is 0 Å². The summed E-state index contributed by atoms with van der Waals surface area (Å²) in [6, 6.07) is 26.7. The van der Waals surface area contributed by atoms with E-state index in [0.29, 0.717) is 0 Å². The molecule has 0 N–H and O–H groups in total. The summed E-state index contributed by atoms with van der Waals surface area (Å²) in [5, 5.41) is 0. The highest BCUT2D eigenvalue weighted by Gasteiger charge is 2.06. The summed E-state index contributed by atoms with van der Waals surface area (Å²) in [6.45, 7) is 0. The van der Waals surface area contributed by atoms with Crippen molar-refractivity contribution in [1.29, 1.82) is 0 Å². The molecule has 0 aliphatic rings. The molecule has 2 heteroatoms. The second-order valence-electron chi connectivity index (χ2n) is 5.39.